The first-order chi connectivity index (χ1) is 14.7. The molecule has 162 valence electrons. The summed E-state index contributed by atoms with van der Waals surface area (Å²) in [6, 6.07) is 13.2. The van der Waals surface area contributed by atoms with Crippen LogP contribution in [0.4, 0.5) is 11.5 Å². The number of nitrogens with zero attached hydrogens (tertiary/aromatic N) is 2. The van der Waals surface area contributed by atoms with Gasteiger partial charge in [-0.2, -0.15) is 0 Å². The number of amides is 1. The van der Waals surface area contributed by atoms with Crippen molar-refractivity contribution in [1.29, 1.82) is 0 Å². The molecule has 0 saturated heterocycles. The van der Waals surface area contributed by atoms with E-state index in [9.17, 15) is 18.0 Å². The minimum Gasteiger partial charge on any atom is -0.452 e. The maximum absolute atomic E-state index is 12.9. The molecule has 11 heteroatoms. The number of aromatic nitrogens is 1. The number of esters is 1. The molecule has 0 radical (unpaired) electrons. The molecule has 0 atom stereocenters. The maximum atomic E-state index is 12.9. The van der Waals surface area contributed by atoms with Crippen molar-refractivity contribution in [2.75, 3.05) is 23.3 Å². The molecule has 0 aliphatic carbocycles. The van der Waals surface area contributed by atoms with Gasteiger partial charge in [-0.3, -0.25) is 9.10 Å². The first-order valence-electron chi connectivity index (χ1n) is 8.91. The fraction of sp³-hybridized carbons (Fsp3) is 0.150. The predicted molar refractivity (Wildman–Crippen MR) is 114 cm³/mol. The van der Waals surface area contributed by atoms with Crippen molar-refractivity contribution < 1.29 is 27.3 Å². The van der Waals surface area contributed by atoms with Gasteiger partial charge in [0.2, 0.25) is 0 Å². The Kier molecular flexibility index (Phi) is 6.62. The van der Waals surface area contributed by atoms with E-state index in [1.54, 1.807) is 25.1 Å². The molecule has 1 aromatic heterocycles. The van der Waals surface area contributed by atoms with Gasteiger partial charge in [0, 0.05) is 18.1 Å². The molecule has 0 bridgehead atoms. The van der Waals surface area contributed by atoms with Crippen LogP contribution in [0.1, 0.15) is 16.1 Å². The minimum absolute atomic E-state index is 0.0225. The number of sulfonamides is 1. The topological polar surface area (TPSA) is 119 Å². The van der Waals surface area contributed by atoms with Gasteiger partial charge in [0.15, 0.2) is 12.4 Å². The van der Waals surface area contributed by atoms with Gasteiger partial charge in [0.1, 0.15) is 5.76 Å². The molecule has 31 heavy (non-hydrogen) atoms. The van der Waals surface area contributed by atoms with E-state index in [0.717, 1.165) is 4.31 Å². The van der Waals surface area contributed by atoms with Crippen LogP contribution in [0.2, 0.25) is 5.02 Å². The predicted octanol–water partition coefficient (Wildman–Crippen LogP) is 3.26. The van der Waals surface area contributed by atoms with Gasteiger partial charge in [-0.25, -0.2) is 13.2 Å². The molecule has 1 N–H and O–H groups in total. The summed E-state index contributed by atoms with van der Waals surface area (Å²) in [5.41, 5.74) is 0.339. The summed E-state index contributed by atoms with van der Waals surface area (Å²) in [6.45, 7) is 1.08. The van der Waals surface area contributed by atoms with Crippen molar-refractivity contribution in [2.45, 2.75) is 11.8 Å². The number of aryl methyl sites for hydroxylation is 1. The molecule has 0 unspecified atom stereocenters. The number of benzene rings is 2. The Hall–Kier alpha value is -3.37. The van der Waals surface area contributed by atoms with Crippen LogP contribution in [0, 0.1) is 6.92 Å². The zero-order chi connectivity index (χ0) is 22.6. The third-order valence-corrected chi connectivity index (χ3v) is 6.15. The van der Waals surface area contributed by atoms with E-state index in [1.807, 2.05) is 0 Å². The number of halogens is 1. The number of hydrogen-bond acceptors (Lipinski definition) is 7. The highest BCUT2D eigenvalue weighted by Gasteiger charge is 2.23. The molecule has 1 heterocycles. The van der Waals surface area contributed by atoms with E-state index in [1.165, 1.54) is 43.4 Å². The Labute approximate surface area is 183 Å². The SMILES string of the molecule is Cc1cc(NC(=O)COC(=O)c2cccc(S(=O)(=O)N(C)c3cccc(Cl)c3)c2)no1. The van der Waals surface area contributed by atoms with Crippen molar-refractivity contribution in [3.05, 3.63) is 70.9 Å². The highest BCUT2D eigenvalue weighted by Crippen LogP contribution is 2.25. The number of carbonyl (C=O) groups is 2. The maximum Gasteiger partial charge on any atom is 0.338 e. The summed E-state index contributed by atoms with van der Waals surface area (Å²) >= 11 is 5.94. The van der Waals surface area contributed by atoms with Crippen molar-refractivity contribution in [2.24, 2.45) is 0 Å². The zero-order valence-electron chi connectivity index (χ0n) is 16.5. The number of rotatable bonds is 7. The van der Waals surface area contributed by atoms with Crippen molar-refractivity contribution in [3.63, 3.8) is 0 Å². The number of carbonyl (C=O) groups excluding carboxylic acids is 2. The second-order valence-electron chi connectivity index (χ2n) is 6.43. The summed E-state index contributed by atoms with van der Waals surface area (Å²) < 4.78 is 36.7. The Bertz CT molecular complexity index is 1220. The van der Waals surface area contributed by atoms with E-state index in [0.29, 0.717) is 16.5 Å². The Morgan fingerprint density at radius 2 is 1.90 bits per heavy atom. The highest BCUT2D eigenvalue weighted by molar-refractivity contribution is 7.92. The Morgan fingerprint density at radius 3 is 2.58 bits per heavy atom. The van der Waals surface area contributed by atoms with Gasteiger partial charge in [-0.1, -0.05) is 28.9 Å². The summed E-state index contributed by atoms with van der Waals surface area (Å²) in [5, 5.41) is 6.39. The van der Waals surface area contributed by atoms with Crippen LogP contribution < -0.4 is 9.62 Å². The first-order valence-corrected chi connectivity index (χ1v) is 10.7. The van der Waals surface area contributed by atoms with E-state index in [4.69, 9.17) is 20.9 Å². The van der Waals surface area contributed by atoms with Gasteiger partial charge in [0.05, 0.1) is 16.1 Å². The lowest BCUT2D eigenvalue weighted by molar-refractivity contribution is -0.119. The molecular weight excluding hydrogens is 446 g/mol. The zero-order valence-corrected chi connectivity index (χ0v) is 18.1. The van der Waals surface area contributed by atoms with Crippen molar-refractivity contribution in [3.8, 4) is 0 Å². The molecule has 0 aliphatic heterocycles. The smallest absolute Gasteiger partial charge is 0.338 e. The van der Waals surface area contributed by atoms with Crippen LogP contribution in [0.5, 0.6) is 0 Å². The van der Waals surface area contributed by atoms with Gasteiger partial charge in [-0.05, 0) is 43.3 Å². The third kappa shape index (κ3) is 5.41. The van der Waals surface area contributed by atoms with Crippen LogP contribution in [0.3, 0.4) is 0 Å². The Morgan fingerprint density at radius 1 is 1.16 bits per heavy atom. The highest BCUT2D eigenvalue weighted by atomic mass is 35.5. The quantitative estimate of drug-likeness (QED) is 0.534. The summed E-state index contributed by atoms with van der Waals surface area (Å²) in [5.74, 6) is -0.774. The minimum atomic E-state index is -3.97. The lowest BCUT2D eigenvalue weighted by Crippen LogP contribution is -2.27. The fourth-order valence-corrected chi connectivity index (χ4v) is 3.99. The lowest BCUT2D eigenvalue weighted by Gasteiger charge is -2.20. The normalized spacial score (nSPS) is 11.1. The van der Waals surface area contributed by atoms with Crippen molar-refractivity contribution in [1.82, 2.24) is 5.16 Å². The van der Waals surface area contributed by atoms with Gasteiger partial charge in [0.25, 0.3) is 15.9 Å². The number of anilines is 2. The van der Waals surface area contributed by atoms with Gasteiger partial charge < -0.3 is 14.6 Å². The number of hydrogen-bond donors (Lipinski definition) is 1. The van der Waals surface area contributed by atoms with Crippen LogP contribution in [0.25, 0.3) is 0 Å². The van der Waals surface area contributed by atoms with E-state index in [2.05, 4.69) is 10.5 Å². The second-order valence-corrected chi connectivity index (χ2v) is 8.83. The van der Waals surface area contributed by atoms with Crippen LogP contribution in [-0.4, -0.2) is 39.1 Å². The number of nitrogens with one attached hydrogen (secondary N) is 1. The van der Waals surface area contributed by atoms with Gasteiger partial charge >= 0.3 is 5.97 Å². The van der Waals surface area contributed by atoms with E-state index in [-0.39, 0.29) is 16.3 Å². The molecule has 0 aliphatic rings. The molecule has 3 rings (SSSR count). The average molecular weight is 464 g/mol. The summed E-state index contributed by atoms with van der Waals surface area (Å²) in [4.78, 5) is 24.1. The van der Waals surface area contributed by atoms with Crippen molar-refractivity contribution >= 4 is 45.0 Å². The third-order valence-electron chi connectivity index (χ3n) is 4.13. The fourth-order valence-electron chi connectivity index (χ4n) is 2.57. The molecule has 0 fully saturated rings. The summed E-state index contributed by atoms with van der Waals surface area (Å²) in [7, 11) is -2.59. The monoisotopic (exact) mass is 463 g/mol. The largest absolute Gasteiger partial charge is 0.452 e. The molecule has 2 aromatic carbocycles. The van der Waals surface area contributed by atoms with E-state index < -0.39 is 28.5 Å². The molecule has 3 aromatic rings. The Balaban J connectivity index is 1.70. The summed E-state index contributed by atoms with van der Waals surface area (Å²) in [6.07, 6.45) is 0. The molecule has 0 saturated carbocycles. The average Bonchev–Trinajstić information content (AvgIpc) is 3.15. The first kappa shape index (κ1) is 22.3. The molecular formula is C20H18ClN3O6S. The molecule has 0 spiro atoms. The van der Waals surface area contributed by atoms with E-state index >= 15 is 0 Å². The molecule has 9 nitrogen and oxygen atoms in total. The lowest BCUT2D eigenvalue weighted by atomic mass is 10.2. The van der Waals surface area contributed by atoms with Crippen LogP contribution in [0.15, 0.2) is 64.0 Å². The molecule has 1 amide bonds. The standard InChI is InChI=1S/C20H18ClN3O6S/c1-13-9-18(23-30-13)22-19(25)12-29-20(26)14-5-3-8-17(10-14)31(27,28)24(2)16-7-4-6-15(21)11-16/h3-11H,12H2,1-2H3,(H,22,23,25). The second kappa shape index (κ2) is 9.19. The van der Waals surface area contributed by atoms with Crippen LogP contribution >= 0.6 is 11.6 Å². The van der Waals surface area contributed by atoms with Crippen LogP contribution in [-0.2, 0) is 19.6 Å². The van der Waals surface area contributed by atoms with Gasteiger partial charge in [-0.15, -0.1) is 0 Å². The number of ether oxygens (including phenoxy) is 1.